The third kappa shape index (κ3) is 1.97. The summed E-state index contributed by atoms with van der Waals surface area (Å²) in [7, 11) is 1.73. The highest BCUT2D eigenvalue weighted by molar-refractivity contribution is 6.33. The molecule has 0 bridgehead atoms. The molecule has 0 aromatic heterocycles. The Morgan fingerprint density at radius 2 is 2.31 bits per heavy atom. The van der Waals surface area contributed by atoms with Crippen molar-refractivity contribution in [3.8, 4) is 0 Å². The minimum atomic E-state index is -0.435. The second-order valence-corrected chi connectivity index (χ2v) is 4.25. The maximum atomic E-state index is 13.5. The first kappa shape index (κ1) is 11.2. The van der Waals surface area contributed by atoms with E-state index in [-0.39, 0.29) is 17.6 Å². The maximum Gasteiger partial charge on any atom is 0.244 e. The zero-order valence-corrected chi connectivity index (χ0v) is 9.59. The van der Waals surface area contributed by atoms with Gasteiger partial charge in [-0.2, -0.15) is 0 Å². The molecule has 1 N–H and O–H groups in total. The lowest BCUT2D eigenvalue weighted by Crippen LogP contribution is -2.31. The fourth-order valence-electron chi connectivity index (χ4n) is 1.77. The van der Waals surface area contributed by atoms with Crippen LogP contribution in [0.25, 0.3) is 0 Å². The summed E-state index contributed by atoms with van der Waals surface area (Å²) in [5.74, 6) is -0.464. The average Bonchev–Trinajstić information content (AvgIpc) is 2.55. The largest absolute Gasteiger partial charge is 0.370 e. The number of nitrogens with zero attached hydrogens (tertiary/aromatic N) is 1. The summed E-state index contributed by atoms with van der Waals surface area (Å²) in [4.78, 5) is 13.2. The molecule has 0 radical (unpaired) electrons. The van der Waals surface area contributed by atoms with Gasteiger partial charge in [0.25, 0.3) is 0 Å². The van der Waals surface area contributed by atoms with E-state index < -0.39 is 5.82 Å². The Bertz CT molecular complexity index is 404. The molecule has 1 atom stereocenters. The predicted octanol–water partition coefficient (Wildman–Crippen LogP) is 2.12. The van der Waals surface area contributed by atoms with Gasteiger partial charge in [0.15, 0.2) is 0 Å². The van der Waals surface area contributed by atoms with Gasteiger partial charge in [-0.05, 0) is 18.6 Å². The van der Waals surface area contributed by atoms with Gasteiger partial charge in [-0.15, -0.1) is 0 Å². The molecule has 1 aliphatic rings. The van der Waals surface area contributed by atoms with E-state index in [9.17, 15) is 9.18 Å². The molecule has 1 aromatic rings. The first-order chi connectivity index (χ1) is 7.59. The first-order valence-electron chi connectivity index (χ1n) is 5.05. The standard InChI is InChI=1S/C11H12ClFN2O/c1-15-6-5-9(11(15)16)14-10-7(12)3-2-4-8(10)13/h2-4,9,14H,5-6H2,1H3. The van der Waals surface area contributed by atoms with Crippen molar-refractivity contribution in [3.63, 3.8) is 0 Å². The van der Waals surface area contributed by atoms with Crippen LogP contribution in [0.2, 0.25) is 5.02 Å². The molecule has 1 heterocycles. The molecular weight excluding hydrogens is 231 g/mol. The minimum absolute atomic E-state index is 0.0284. The van der Waals surface area contributed by atoms with Crippen molar-refractivity contribution in [2.24, 2.45) is 0 Å². The van der Waals surface area contributed by atoms with Gasteiger partial charge in [0.1, 0.15) is 11.9 Å². The predicted molar refractivity (Wildman–Crippen MR) is 61.1 cm³/mol. The number of anilines is 1. The van der Waals surface area contributed by atoms with Gasteiger partial charge in [-0.25, -0.2) is 4.39 Å². The van der Waals surface area contributed by atoms with Crippen LogP contribution in [0.1, 0.15) is 6.42 Å². The van der Waals surface area contributed by atoms with E-state index in [2.05, 4.69) is 5.32 Å². The van der Waals surface area contributed by atoms with E-state index >= 15 is 0 Å². The van der Waals surface area contributed by atoms with Crippen LogP contribution < -0.4 is 5.32 Å². The molecular formula is C11H12ClFN2O. The fourth-order valence-corrected chi connectivity index (χ4v) is 1.98. The number of hydrogen-bond acceptors (Lipinski definition) is 2. The second-order valence-electron chi connectivity index (χ2n) is 3.84. The van der Waals surface area contributed by atoms with Gasteiger partial charge >= 0.3 is 0 Å². The van der Waals surface area contributed by atoms with Crippen LogP contribution in [0.5, 0.6) is 0 Å². The van der Waals surface area contributed by atoms with Crippen molar-refractivity contribution in [2.75, 3.05) is 18.9 Å². The number of para-hydroxylation sites is 1. The Labute approximate surface area is 98.2 Å². The van der Waals surface area contributed by atoms with Crippen LogP contribution in [0.3, 0.4) is 0 Å². The van der Waals surface area contributed by atoms with Gasteiger partial charge in [-0.1, -0.05) is 17.7 Å². The van der Waals surface area contributed by atoms with E-state index in [0.717, 1.165) is 0 Å². The van der Waals surface area contributed by atoms with Gasteiger partial charge in [0.2, 0.25) is 5.91 Å². The lowest BCUT2D eigenvalue weighted by molar-refractivity contribution is -0.127. The number of halogens is 2. The van der Waals surface area contributed by atoms with E-state index in [1.165, 1.54) is 12.1 Å². The summed E-state index contributed by atoms with van der Waals surface area (Å²) in [6.07, 6.45) is 0.667. The van der Waals surface area contributed by atoms with Crippen LogP contribution in [0.4, 0.5) is 10.1 Å². The number of amides is 1. The van der Waals surface area contributed by atoms with E-state index in [0.29, 0.717) is 18.0 Å². The SMILES string of the molecule is CN1CCC(Nc2c(F)cccc2Cl)C1=O. The number of carbonyl (C=O) groups is 1. The molecule has 1 fully saturated rings. The Hall–Kier alpha value is -1.29. The van der Waals surface area contributed by atoms with Crippen molar-refractivity contribution in [1.82, 2.24) is 4.90 Å². The highest BCUT2D eigenvalue weighted by Crippen LogP contribution is 2.27. The Morgan fingerprint density at radius 3 is 2.88 bits per heavy atom. The van der Waals surface area contributed by atoms with Crippen molar-refractivity contribution in [1.29, 1.82) is 0 Å². The second kappa shape index (κ2) is 4.29. The van der Waals surface area contributed by atoms with Crippen LogP contribution in [0, 0.1) is 5.82 Å². The zero-order valence-electron chi connectivity index (χ0n) is 8.84. The number of likely N-dealkylation sites (tertiary alicyclic amines) is 1. The summed E-state index contributed by atoms with van der Waals surface area (Å²) in [5.41, 5.74) is 0.206. The molecule has 1 unspecified atom stereocenters. The fraction of sp³-hybridized carbons (Fsp3) is 0.364. The van der Waals surface area contributed by atoms with Gasteiger partial charge in [0, 0.05) is 13.6 Å². The molecule has 1 saturated heterocycles. The monoisotopic (exact) mass is 242 g/mol. The molecule has 1 aromatic carbocycles. The van der Waals surface area contributed by atoms with E-state index in [1.807, 2.05) is 0 Å². The molecule has 5 heteroatoms. The number of hydrogen-bond donors (Lipinski definition) is 1. The van der Waals surface area contributed by atoms with Crippen LogP contribution >= 0.6 is 11.6 Å². The first-order valence-corrected chi connectivity index (χ1v) is 5.43. The summed E-state index contributed by atoms with van der Waals surface area (Å²) in [5, 5.41) is 3.15. The van der Waals surface area contributed by atoms with Gasteiger partial charge in [0.05, 0.1) is 10.7 Å². The number of rotatable bonds is 2. The highest BCUT2D eigenvalue weighted by Gasteiger charge is 2.29. The zero-order chi connectivity index (χ0) is 11.7. The lowest BCUT2D eigenvalue weighted by Gasteiger charge is -2.15. The van der Waals surface area contributed by atoms with Crippen LogP contribution in [-0.2, 0) is 4.79 Å². The molecule has 0 saturated carbocycles. The van der Waals surface area contributed by atoms with Crippen molar-refractivity contribution < 1.29 is 9.18 Å². The molecule has 16 heavy (non-hydrogen) atoms. The summed E-state index contributed by atoms with van der Waals surface area (Å²) >= 11 is 5.86. The smallest absolute Gasteiger partial charge is 0.244 e. The normalized spacial score (nSPS) is 20.3. The summed E-state index contributed by atoms with van der Waals surface area (Å²) < 4.78 is 13.5. The number of likely N-dealkylation sites (N-methyl/N-ethyl adjacent to an activating group) is 1. The highest BCUT2D eigenvalue weighted by atomic mass is 35.5. The molecule has 3 nitrogen and oxygen atoms in total. The minimum Gasteiger partial charge on any atom is -0.370 e. The third-order valence-corrected chi connectivity index (χ3v) is 3.02. The summed E-state index contributed by atoms with van der Waals surface area (Å²) in [6, 6.07) is 4.07. The van der Waals surface area contributed by atoms with Crippen LogP contribution in [-0.4, -0.2) is 30.4 Å². The third-order valence-electron chi connectivity index (χ3n) is 2.71. The van der Waals surface area contributed by atoms with Gasteiger partial charge in [-0.3, -0.25) is 4.79 Å². The molecule has 2 rings (SSSR count). The Kier molecular flexibility index (Phi) is 3.01. The molecule has 0 aliphatic carbocycles. The van der Waals surface area contributed by atoms with Crippen molar-refractivity contribution >= 4 is 23.2 Å². The molecule has 86 valence electrons. The number of carbonyl (C=O) groups excluding carboxylic acids is 1. The van der Waals surface area contributed by atoms with E-state index in [1.54, 1.807) is 18.0 Å². The maximum absolute atomic E-state index is 13.5. The molecule has 1 aliphatic heterocycles. The quantitative estimate of drug-likeness (QED) is 0.862. The lowest BCUT2D eigenvalue weighted by atomic mass is 10.2. The average molecular weight is 243 g/mol. The Morgan fingerprint density at radius 1 is 1.56 bits per heavy atom. The summed E-state index contributed by atoms with van der Waals surface area (Å²) in [6.45, 7) is 0.683. The molecule has 1 amide bonds. The van der Waals surface area contributed by atoms with Crippen molar-refractivity contribution in [2.45, 2.75) is 12.5 Å². The van der Waals surface area contributed by atoms with Gasteiger partial charge < -0.3 is 10.2 Å². The van der Waals surface area contributed by atoms with Crippen LogP contribution in [0.15, 0.2) is 18.2 Å². The number of nitrogens with one attached hydrogen (secondary N) is 1. The molecule has 0 spiro atoms. The van der Waals surface area contributed by atoms with Crippen molar-refractivity contribution in [3.05, 3.63) is 29.0 Å². The van der Waals surface area contributed by atoms with E-state index in [4.69, 9.17) is 11.6 Å². The number of benzene rings is 1. The topological polar surface area (TPSA) is 32.3 Å². The Balaban J connectivity index is 2.19.